The molecular weight excluding hydrogens is 230 g/mol. The van der Waals surface area contributed by atoms with E-state index < -0.39 is 0 Å². The minimum atomic E-state index is -0.165. The third kappa shape index (κ3) is 1.81. The van der Waals surface area contributed by atoms with Crippen LogP contribution < -0.4 is 5.32 Å². The van der Waals surface area contributed by atoms with Crippen LogP contribution in [0.3, 0.4) is 0 Å². The van der Waals surface area contributed by atoms with Crippen LogP contribution in [0.4, 0.5) is 0 Å². The Morgan fingerprint density at radius 1 is 1.61 bits per heavy atom. The molecule has 2 aromatic rings. The predicted molar refractivity (Wildman–Crippen MR) is 65.1 cm³/mol. The normalized spacial score (nSPS) is 18.4. The van der Waals surface area contributed by atoms with E-state index in [1.54, 1.807) is 12.1 Å². The number of aromatic nitrogens is 2. The number of nitrogens with zero attached hydrogens (tertiary/aromatic N) is 2. The number of rotatable bonds is 2. The molecule has 3 rings (SSSR count). The average Bonchev–Trinajstić information content (AvgIpc) is 3.00. The lowest BCUT2D eigenvalue weighted by atomic mass is 9.93. The summed E-state index contributed by atoms with van der Waals surface area (Å²) in [5, 5.41) is 7.27. The second-order valence-corrected chi connectivity index (χ2v) is 4.57. The molecule has 0 spiro atoms. The maximum absolute atomic E-state index is 12.0. The Bertz CT molecular complexity index is 557. The molecule has 1 unspecified atom stereocenters. The molecule has 2 heterocycles. The van der Waals surface area contributed by atoms with E-state index in [2.05, 4.69) is 10.4 Å². The van der Waals surface area contributed by atoms with Crippen LogP contribution in [-0.2, 0) is 13.5 Å². The van der Waals surface area contributed by atoms with Gasteiger partial charge in [-0.25, -0.2) is 0 Å². The van der Waals surface area contributed by atoms with Crippen LogP contribution in [0, 0.1) is 0 Å². The van der Waals surface area contributed by atoms with Crippen LogP contribution in [-0.4, -0.2) is 15.7 Å². The lowest BCUT2D eigenvalue weighted by molar-refractivity contribution is 0.0904. The summed E-state index contributed by atoms with van der Waals surface area (Å²) in [6, 6.07) is 3.42. The number of carbonyl (C=O) groups excluding carboxylic acids is 1. The van der Waals surface area contributed by atoms with Gasteiger partial charge >= 0.3 is 0 Å². The zero-order chi connectivity index (χ0) is 12.5. The lowest BCUT2D eigenvalue weighted by Crippen LogP contribution is -2.30. The topological polar surface area (TPSA) is 60.1 Å². The summed E-state index contributed by atoms with van der Waals surface area (Å²) in [7, 11) is 1.94. The van der Waals surface area contributed by atoms with Crippen molar-refractivity contribution < 1.29 is 9.21 Å². The number of hydrogen-bond acceptors (Lipinski definition) is 3. The largest absolute Gasteiger partial charge is 0.459 e. The van der Waals surface area contributed by atoms with E-state index in [-0.39, 0.29) is 11.9 Å². The predicted octanol–water partition coefficient (Wildman–Crippen LogP) is 1.82. The summed E-state index contributed by atoms with van der Waals surface area (Å²) in [6.45, 7) is 0. The van der Waals surface area contributed by atoms with Crippen molar-refractivity contribution >= 4 is 5.91 Å². The summed E-state index contributed by atoms with van der Waals surface area (Å²) in [4.78, 5) is 12.0. The van der Waals surface area contributed by atoms with Gasteiger partial charge in [-0.15, -0.1) is 0 Å². The number of nitrogens with one attached hydrogen (secondary N) is 1. The highest BCUT2D eigenvalue weighted by atomic mass is 16.3. The molecule has 1 aliphatic carbocycles. The number of hydrogen-bond donors (Lipinski definition) is 1. The van der Waals surface area contributed by atoms with E-state index in [4.69, 9.17) is 4.42 Å². The van der Waals surface area contributed by atoms with Gasteiger partial charge in [-0.2, -0.15) is 5.10 Å². The van der Waals surface area contributed by atoms with E-state index in [1.807, 2.05) is 17.9 Å². The van der Waals surface area contributed by atoms with Gasteiger partial charge in [0.25, 0.3) is 5.91 Å². The van der Waals surface area contributed by atoms with Crippen molar-refractivity contribution in [2.24, 2.45) is 7.05 Å². The molecule has 0 radical (unpaired) electrons. The Labute approximate surface area is 105 Å². The first-order chi connectivity index (χ1) is 8.75. The van der Waals surface area contributed by atoms with Crippen LogP contribution in [0.1, 0.15) is 40.7 Å². The van der Waals surface area contributed by atoms with Gasteiger partial charge in [0.1, 0.15) is 0 Å². The Balaban J connectivity index is 1.80. The molecule has 0 saturated heterocycles. The minimum Gasteiger partial charge on any atom is -0.459 e. The molecule has 0 saturated carbocycles. The number of amides is 1. The SMILES string of the molecule is Cn1ncc2c1CCCC2NC(=O)c1ccco1. The number of furan rings is 1. The molecule has 0 aromatic carbocycles. The van der Waals surface area contributed by atoms with Crippen LogP contribution in [0.2, 0.25) is 0 Å². The van der Waals surface area contributed by atoms with Crippen molar-refractivity contribution in [3.8, 4) is 0 Å². The van der Waals surface area contributed by atoms with Crippen molar-refractivity contribution in [1.29, 1.82) is 0 Å². The van der Waals surface area contributed by atoms with Gasteiger partial charge in [0.05, 0.1) is 18.5 Å². The zero-order valence-corrected chi connectivity index (χ0v) is 10.2. The summed E-state index contributed by atoms with van der Waals surface area (Å²) in [5.41, 5.74) is 2.34. The van der Waals surface area contributed by atoms with Crippen molar-refractivity contribution in [3.63, 3.8) is 0 Å². The molecule has 1 atom stereocenters. The minimum absolute atomic E-state index is 0.0417. The first kappa shape index (κ1) is 11.1. The zero-order valence-electron chi connectivity index (χ0n) is 10.2. The Hall–Kier alpha value is -2.04. The summed E-state index contributed by atoms with van der Waals surface area (Å²) >= 11 is 0. The maximum atomic E-state index is 12.0. The third-order valence-electron chi connectivity index (χ3n) is 3.43. The maximum Gasteiger partial charge on any atom is 0.287 e. The highest BCUT2D eigenvalue weighted by Gasteiger charge is 2.25. The molecule has 0 fully saturated rings. The average molecular weight is 245 g/mol. The third-order valence-corrected chi connectivity index (χ3v) is 3.43. The molecule has 0 bridgehead atoms. The van der Waals surface area contributed by atoms with Gasteiger partial charge < -0.3 is 9.73 Å². The molecule has 5 heteroatoms. The first-order valence-electron chi connectivity index (χ1n) is 6.11. The van der Waals surface area contributed by atoms with E-state index in [0.717, 1.165) is 24.8 Å². The quantitative estimate of drug-likeness (QED) is 0.878. The molecular formula is C13H15N3O2. The van der Waals surface area contributed by atoms with E-state index >= 15 is 0 Å². The van der Waals surface area contributed by atoms with Crippen LogP contribution in [0.5, 0.6) is 0 Å². The summed E-state index contributed by atoms with van der Waals surface area (Å²) in [5.74, 6) is 0.188. The standard InChI is InChI=1S/C13H15N3O2/c1-16-11-5-2-4-10(9(11)8-14-16)15-13(17)12-6-3-7-18-12/h3,6-8,10H,2,4-5H2,1H3,(H,15,17). The number of carbonyl (C=O) groups is 1. The lowest BCUT2D eigenvalue weighted by Gasteiger charge is -2.23. The number of aryl methyl sites for hydroxylation is 1. The molecule has 2 aromatic heterocycles. The van der Waals surface area contributed by atoms with Crippen LogP contribution in [0.15, 0.2) is 29.0 Å². The number of fused-ring (bicyclic) bond motifs is 1. The fraction of sp³-hybridized carbons (Fsp3) is 0.385. The Kier molecular flexibility index (Phi) is 2.66. The second-order valence-electron chi connectivity index (χ2n) is 4.57. The summed E-state index contributed by atoms with van der Waals surface area (Å²) in [6.07, 6.45) is 6.40. The first-order valence-corrected chi connectivity index (χ1v) is 6.11. The van der Waals surface area contributed by atoms with Gasteiger partial charge in [-0.05, 0) is 31.4 Å². The Morgan fingerprint density at radius 2 is 2.50 bits per heavy atom. The van der Waals surface area contributed by atoms with Crippen molar-refractivity contribution in [1.82, 2.24) is 15.1 Å². The molecule has 1 aliphatic rings. The van der Waals surface area contributed by atoms with Crippen molar-refractivity contribution in [3.05, 3.63) is 41.6 Å². The molecule has 94 valence electrons. The Morgan fingerprint density at radius 3 is 3.28 bits per heavy atom. The molecule has 1 amide bonds. The van der Waals surface area contributed by atoms with Crippen molar-refractivity contribution in [2.75, 3.05) is 0 Å². The van der Waals surface area contributed by atoms with E-state index in [1.165, 1.54) is 12.0 Å². The van der Waals surface area contributed by atoms with Crippen LogP contribution >= 0.6 is 0 Å². The monoisotopic (exact) mass is 245 g/mol. The van der Waals surface area contributed by atoms with Gasteiger partial charge in [-0.3, -0.25) is 9.48 Å². The van der Waals surface area contributed by atoms with Gasteiger partial charge in [0, 0.05) is 18.3 Å². The fourth-order valence-electron chi connectivity index (χ4n) is 2.49. The highest BCUT2D eigenvalue weighted by molar-refractivity contribution is 5.91. The summed E-state index contributed by atoms with van der Waals surface area (Å²) < 4.78 is 6.99. The van der Waals surface area contributed by atoms with Gasteiger partial charge in [0.2, 0.25) is 0 Å². The van der Waals surface area contributed by atoms with E-state index in [0.29, 0.717) is 5.76 Å². The van der Waals surface area contributed by atoms with Gasteiger partial charge in [-0.1, -0.05) is 0 Å². The smallest absolute Gasteiger partial charge is 0.287 e. The molecule has 0 aliphatic heterocycles. The van der Waals surface area contributed by atoms with Crippen molar-refractivity contribution in [2.45, 2.75) is 25.3 Å². The fourth-order valence-corrected chi connectivity index (χ4v) is 2.49. The highest BCUT2D eigenvalue weighted by Crippen LogP contribution is 2.29. The second kappa shape index (κ2) is 4.33. The molecule has 5 nitrogen and oxygen atoms in total. The molecule has 18 heavy (non-hydrogen) atoms. The molecule has 1 N–H and O–H groups in total. The van der Waals surface area contributed by atoms with Gasteiger partial charge in [0.15, 0.2) is 5.76 Å². The van der Waals surface area contributed by atoms with E-state index in [9.17, 15) is 4.79 Å². The van der Waals surface area contributed by atoms with Crippen LogP contribution in [0.25, 0.3) is 0 Å².